The Kier molecular flexibility index (Phi) is 6.47. The summed E-state index contributed by atoms with van der Waals surface area (Å²) in [6, 6.07) is 17.1. The minimum atomic E-state index is -0.0739. The number of hydrogen-bond acceptors (Lipinski definition) is 5. The van der Waals surface area contributed by atoms with E-state index in [1.54, 1.807) is 13.3 Å². The molecule has 2 aliphatic heterocycles. The Bertz CT molecular complexity index is 1500. The Morgan fingerprint density at radius 3 is 2.55 bits per heavy atom. The van der Waals surface area contributed by atoms with Crippen LogP contribution in [0.25, 0.3) is 33.4 Å². The number of pyridine rings is 1. The number of fused-ring (bicyclic) bond motifs is 2. The van der Waals surface area contributed by atoms with Gasteiger partial charge in [-0.3, -0.25) is 9.69 Å². The molecule has 4 heterocycles. The second kappa shape index (κ2) is 10.1. The Balaban J connectivity index is 1.42. The first-order valence-corrected chi connectivity index (χ1v) is 13.2. The number of piperazine rings is 1. The minimum absolute atomic E-state index is 0.0739. The summed E-state index contributed by atoms with van der Waals surface area (Å²) in [7, 11) is 3.87. The molecule has 1 saturated heterocycles. The van der Waals surface area contributed by atoms with Crippen LogP contribution >= 0.6 is 0 Å². The van der Waals surface area contributed by atoms with E-state index >= 15 is 0 Å². The van der Waals surface area contributed by atoms with Crippen LogP contribution in [-0.2, 0) is 17.8 Å². The van der Waals surface area contributed by atoms with E-state index in [4.69, 9.17) is 4.74 Å². The van der Waals surface area contributed by atoms with Crippen LogP contribution in [-0.4, -0.2) is 72.6 Å². The minimum Gasteiger partial charge on any atom is -0.496 e. The predicted octanol–water partition coefficient (Wildman–Crippen LogP) is 4.73. The fourth-order valence-corrected chi connectivity index (χ4v) is 5.68. The zero-order valence-electron chi connectivity index (χ0n) is 22.0. The van der Waals surface area contributed by atoms with Crippen LogP contribution in [0, 0.1) is 0 Å². The van der Waals surface area contributed by atoms with Crippen LogP contribution in [0.2, 0.25) is 0 Å². The lowest BCUT2D eigenvalue weighted by atomic mass is 9.96. The van der Waals surface area contributed by atoms with Crippen LogP contribution in [0.15, 0.2) is 67.4 Å². The average molecular weight is 508 g/mol. The number of anilines is 1. The third-order valence-electron chi connectivity index (χ3n) is 7.83. The average Bonchev–Trinajstić information content (AvgIpc) is 3.56. The highest BCUT2D eigenvalue weighted by Gasteiger charge is 2.26. The van der Waals surface area contributed by atoms with E-state index in [0.29, 0.717) is 6.54 Å². The number of amides is 1. The van der Waals surface area contributed by atoms with Crippen molar-refractivity contribution in [1.82, 2.24) is 19.8 Å². The third kappa shape index (κ3) is 4.38. The number of likely N-dealkylation sites (N-methyl/N-ethyl adjacent to an activating group) is 1. The molecule has 0 aliphatic carbocycles. The van der Waals surface area contributed by atoms with E-state index in [0.717, 1.165) is 84.0 Å². The van der Waals surface area contributed by atoms with E-state index in [2.05, 4.69) is 75.9 Å². The predicted molar refractivity (Wildman–Crippen MR) is 153 cm³/mol. The van der Waals surface area contributed by atoms with Crippen molar-refractivity contribution in [2.75, 3.05) is 51.8 Å². The van der Waals surface area contributed by atoms with Gasteiger partial charge >= 0.3 is 0 Å². The molecule has 2 aromatic heterocycles. The number of benzene rings is 2. The maximum absolute atomic E-state index is 12.5. The Morgan fingerprint density at radius 2 is 1.82 bits per heavy atom. The highest BCUT2D eigenvalue weighted by molar-refractivity contribution is 6.07. The molecule has 0 atom stereocenters. The van der Waals surface area contributed by atoms with E-state index in [1.807, 2.05) is 11.0 Å². The van der Waals surface area contributed by atoms with Gasteiger partial charge in [0.25, 0.3) is 0 Å². The molecule has 4 aromatic rings. The number of carbonyl (C=O) groups is 1. The molecular formula is C31H33N5O2. The van der Waals surface area contributed by atoms with Crippen molar-refractivity contribution in [3.8, 4) is 28.1 Å². The summed E-state index contributed by atoms with van der Waals surface area (Å²) >= 11 is 0. The van der Waals surface area contributed by atoms with Gasteiger partial charge < -0.3 is 19.5 Å². The summed E-state index contributed by atoms with van der Waals surface area (Å²) in [5, 5.41) is 0.936. The summed E-state index contributed by atoms with van der Waals surface area (Å²) in [4.78, 5) is 27.4. The molecule has 7 nitrogen and oxygen atoms in total. The van der Waals surface area contributed by atoms with Crippen molar-refractivity contribution in [2.45, 2.75) is 13.0 Å². The molecule has 2 aliphatic rings. The highest BCUT2D eigenvalue weighted by atomic mass is 16.5. The molecule has 194 valence electrons. The van der Waals surface area contributed by atoms with Crippen molar-refractivity contribution < 1.29 is 9.53 Å². The number of hydrogen-bond donors (Lipinski definition) is 1. The molecule has 0 spiro atoms. The first-order chi connectivity index (χ1) is 18.6. The number of H-pyrrole nitrogens is 1. The quantitative estimate of drug-likeness (QED) is 0.383. The highest BCUT2D eigenvalue weighted by Crippen LogP contribution is 2.44. The largest absolute Gasteiger partial charge is 0.496 e. The van der Waals surface area contributed by atoms with Gasteiger partial charge in [0.1, 0.15) is 11.4 Å². The summed E-state index contributed by atoms with van der Waals surface area (Å²) in [6.07, 6.45) is 3.99. The van der Waals surface area contributed by atoms with Crippen LogP contribution in [0.4, 0.5) is 5.69 Å². The first kappa shape index (κ1) is 24.4. The molecule has 2 aromatic carbocycles. The number of rotatable bonds is 6. The maximum Gasteiger partial charge on any atom is 0.250 e. The van der Waals surface area contributed by atoms with Crippen LogP contribution in [0.5, 0.6) is 5.75 Å². The second-order valence-corrected chi connectivity index (χ2v) is 10.2. The monoisotopic (exact) mass is 507 g/mol. The normalized spacial score (nSPS) is 16.1. The van der Waals surface area contributed by atoms with Gasteiger partial charge in [0, 0.05) is 56.7 Å². The number of nitrogens with one attached hydrogen (secondary N) is 1. The van der Waals surface area contributed by atoms with Gasteiger partial charge in [-0.25, -0.2) is 4.98 Å². The Morgan fingerprint density at radius 1 is 1.05 bits per heavy atom. The van der Waals surface area contributed by atoms with Crippen molar-refractivity contribution in [1.29, 1.82) is 0 Å². The molecular weight excluding hydrogens is 474 g/mol. The summed E-state index contributed by atoms with van der Waals surface area (Å²) in [6.45, 7) is 9.74. The fourth-order valence-electron chi connectivity index (χ4n) is 5.68. The molecule has 0 saturated carbocycles. The molecule has 0 unspecified atom stereocenters. The number of ether oxygens (including phenoxy) is 1. The van der Waals surface area contributed by atoms with Crippen LogP contribution in [0.1, 0.15) is 11.1 Å². The number of aromatic nitrogens is 2. The summed E-state index contributed by atoms with van der Waals surface area (Å²) in [5.41, 5.74) is 8.31. The molecule has 7 heteroatoms. The Labute approximate surface area is 223 Å². The van der Waals surface area contributed by atoms with E-state index in [1.165, 1.54) is 17.2 Å². The van der Waals surface area contributed by atoms with E-state index in [-0.39, 0.29) is 5.91 Å². The van der Waals surface area contributed by atoms with Crippen LogP contribution < -0.4 is 9.64 Å². The van der Waals surface area contributed by atoms with E-state index in [9.17, 15) is 4.79 Å². The smallest absolute Gasteiger partial charge is 0.250 e. The zero-order chi connectivity index (χ0) is 26.2. The molecule has 0 bridgehead atoms. The summed E-state index contributed by atoms with van der Waals surface area (Å²) < 4.78 is 5.77. The van der Waals surface area contributed by atoms with Crippen molar-refractivity contribution in [2.24, 2.45) is 0 Å². The second-order valence-electron chi connectivity index (χ2n) is 10.2. The van der Waals surface area contributed by atoms with Gasteiger partial charge in [0.05, 0.1) is 18.2 Å². The van der Waals surface area contributed by atoms with Gasteiger partial charge in [-0.1, -0.05) is 43.0 Å². The van der Waals surface area contributed by atoms with Gasteiger partial charge in [-0.2, -0.15) is 0 Å². The molecule has 1 fully saturated rings. The van der Waals surface area contributed by atoms with Crippen molar-refractivity contribution in [3.05, 3.63) is 78.5 Å². The lowest BCUT2D eigenvalue weighted by Crippen LogP contribution is -2.43. The van der Waals surface area contributed by atoms with Gasteiger partial charge in [0.2, 0.25) is 5.91 Å². The maximum atomic E-state index is 12.5. The van der Waals surface area contributed by atoms with E-state index < -0.39 is 0 Å². The third-order valence-corrected chi connectivity index (χ3v) is 7.83. The molecule has 1 N–H and O–H groups in total. The SMILES string of the molecule is C=CC(=O)N1CCc2ccc(-c3c(-c4ccc(CN5CCN(C)CC5)cc4)[nH]c4nccc(OC)c34)cc21. The molecule has 38 heavy (non-hydrogen) atoms. The molecule has 0 radical (unpaired) electrons. The first-order valence-electron chi connectivity index (χ1n) is 13.2. The fraction of sp³-hybridized carbons (Fsp3) is 0.290. The lowest BCUT2D eigenvalue weighted by Gasteiger charge is -2.32. The number of methoxy groups -OCH3 is 1. The number of carbonyl (C=O) groups excluding carboxylic acids is 1. The van der Waals surface area contributed by atoms with Gasteiger partial charge in [0.15, 0.2) is 0 Å². The number of nitrogens with zero attached hydrogens (tertiary/aromatic N) is 4. The van der Waals surface area contributed by atoms with Crippen molar-refractivity contribution in [3.63, 3.8) is 0 Å². The zero-order valence-corrected chi connectivity index (χ0v) is 22.0. The van der Waals surface area contributed by atoms with Gasteiger partial charge in [-0.05, 0) is 53.9 Å². The van der Waals surface area contributed by atoms with Gasteiger partial charge in [-0.15, -0.1) is 0 Å². The standard InChI is InChI=1S/C31H33N5O2/c1-4-27(37)36-14-12-22-9-10-24(19-25(22)36)28-29-26(38-3)11-13-32-31(29)33-30(28)23-7-5-21(6-8-23)20-35-17-15-34(2)16-18-35/h4-11,13,19H,1,12,14-18,20H2,2-3H3,(H,32,33). The van der Waals surface area contributed by atoms with Crippen molar-refractivity contribution >= 4 is 22.6 Å². The lowest BCUT2D eigenvalue weighted by molar-refractivity contribution is -0.114. The molecule has 1 amide bonds. The summed E-state index contributed by atoms with van der Waals surface area (Å²) in [5.74, 6) is 0.689. The van der Waals surface area contributed by atoms with Crippen LogP contribution in [0.3, 0.4) is 0 Å². The Hall–Kier alpha value is -3.94. The topological polar surface area (TPSA) is 64.7 Å². The molecule has 6 rings (SSSR count). The number of aromatic amines is 1.